The second kappa shape index (κ2) is 7.73. The lowest BCUT2D eigenvalue weighted by molar-refractivity contribution is -0.127. The van der Waals surface area contributed by atoms with Crippen molar-refractivity contribution < 1.29 is 4.79 Å². The molecule has 1 heterocycles. The van der Waals surface area contributed by atoms with Gasteiger partial charge in [0.05, 0.1) is 23.3 Å². The zero-order valence-corrected chi connectivity index (χ0v) is 14.9. The first kappa shape index (κ1) is 16.9. The standard InChI is InChI=1S/C18H18ClN3OS/c1-22(10-17-20-15-7-2-3-8-16(15)21-17)18(23)12-24-11-13-5-4-6-14(19)9-13/h2-9H,10-12H2,1H3,(H,20,21). The van der Waals surface area contributed by atoms with Crippen molar-refractivity contribution in [2.24, 2.45) is 0 Å². The maximum Gasteiger partial charge on any atom is 0.232 e. The van der Waals surface area contributed by atoms with E-state index in [0.717, 1.165) is 33.2 Å². The lowest BCUT2D eigenvalue weighted by Crippen LogP contribution is -2.28. The van der Waals surface area contributed by atoms with Crippen LogP contribution in [0.15, 0.2) is 48.5 Å². The molecule has 6 heteroatoms. The van der Waals surface area contributed by atoms with E-state index in [0.29, 0.717) is 12.3 Å². The SMILES string of the molecule is CN(Cc1nc2ccccc2[nH]1)C(=O)CSCc1cccc(Cl)c1. The summed E-state index contributed by atoms with van der Waals surface area (Å²) >= 11 is 7.55. The zero-order chi connectivity index (χ0) is 16.9. The van der Waals surface area contributed by atoms with Crippen molar-refractivity contribution >= 4 is 40.3 Å². The number of nitrogens with zero attached hydrogens (tertiary/aromatic N) is 2. The molecule has 24 heavy (non-hydrogen) atoms. The number of imidazole rings is 1. The van der Waals surface area contributed by atoms with Crippen LogP contribution in [-0.4, -0.2) is 33.6 Å². The molecule has 0 radical (unpaired) electrons. The van der Waals surface area contributed by atoms with Crippen LogP contribution in [0.1, 0.15) is 11.4 Å². The molecule has 4 nitrogen and oxygen atoms in total. The lowest BCUT2D eigenvalue weighted by atomic mass is 10.2. The van der Waals surface area contributed by atoms with E-state index in [1.54, 1.807) is 23.7 Å². The van der Waals surface area contributed by atoms with Gasteiger partial charge in [-0.3, -0.25) is 4.79 Å². The number of H-pyrrole nitrogens is 1. The van der Waals surface area contributed by atoms with Crippen LogP contribution in [0.25, 0.3) is 11.0 Å². The van der Waals surface area contributed by atoms with Gasteiger partial charge in [0.25, 0.3) is 0 Å². The Hall–Kier alpha value is -1.98. The number of nitrogens with one attached hydrogen (secondary N) is 1. The third-order valence-electron chi connectivity index (χ3n) is 3.63. The summed E-state index contributed by atoms with van der Waals surface area (Å²) in [5.41, 5.74) is 3.03. The summed E-state index contributed by atoms with van der Waals surface area (Å²) in [6.45, 7) is 0.477. The first-order valence-corrected chi connectivity index (χ1v) is 9.15. The first-order chi connectivity index (χ1) is 11.6. The van der Waals surface area contributed by atoms with Gasteiger partial charge in [0.15, 0.2) is 0 Å². The Morgan fingerprint density at radius 2 is 2.08 bits per heavy atom. The van der Waals surface area contributed by atoms with E-state index in [2.05, 4.69) is 9.97 Å². The molecule has 124 valence electrons. The van der Waals surface area contributed by atoms with Gasteiger partial charge in [-0.05, 0) is 29.8 Å². The van der Waals surface area contributed by atoms with Crippen molar-refractivity contribution in [3.8, 4) is 0 Å². The quantitative estimate of drug-likeness (QED) is 0.720. The number of rotatable bonds is 6. The smallest absolute Gasteiger partial charge is 0.232 e. The maximum absolute atomic E-state index is 12.3. The summed E-state index contributed by atoms with van der Waals surface area (Å²) in [5.74, 6) is 2.09. The van der Waals surface area contributed by atoms with E-state index in [4.69, 9.17) is 11.6 Å². The van der Waals surface area contributed by atoms with Crippen molar-refractivity contribution in [2.75, 3.05) is 12.8 Å². The summed E-state index contributed by atoms with van der Waals surface area (Å²) < 4.78 is 0. The Morgan fingerprint density at radius 3 is 2.88 bits per heavy atom. The van der Waals surface area contributed by atoms with Crippen LogP contribution in [0.3, 0.4) is 0 Å². The highest BCUT2D eigenvalue weighted by Gasteiger charge is 2.12. The van der Waals surface area contributed by atoms with Crippen molar-refractivity contribution in [3.05, 3.63) is 64.9 Å². The summed E-state index contributed by atoms with van der Waals surface area (Å²) in [4.78, 5) is 21.7. The van der Waals surface area contributed by atoms with Crippen LogP contribution in [0.4, 0.5) is 0 Å². The Kier molecular flexibility index (Phi) is 5.43. The number of aromatic amines is 1. The topological polar surface area (TPSA) is 49.0 Å². The number of fused-ring (bicyclic) bond motifs is 1. The van der Waals surface area contributed by atoms with Gasteiger partial charge in [0, 0.05) is 17.8 Å². The number of aromatic nitrogens is 2. The van der Waals surface area contributed by atoms with Gasteiger partial charge in [-0.1, -0.05) is 35.9 Å². The molecule has 0 aliphatic rings. The number of carbonyl (C=O) groups excluding carboxylic acids is 1. The third-order valence-corrected chi connectivity index (χ3v) is 4.86. The van der Waals surface area contributed by atoms with E-state index in [9.17, 15) is 4.79 Å². The second-order valence-corrected chi connectivity index (χ2v) is 7.00. The van der Waals surface area contributed by atoms with E-state index < -0.39 is 0 Å². The molecule has 0 unspecified atom stereocenters. The van der Waals surface area contributed by atoms with Crippen molar-refractivity contribution in [2.45, 2.75) is 12.3 Å². The third kappa shape index (κ3) is 4.30. The van der Waals surface area contributed by atoms with Crippen molar-refractivity contribution in [3.63, 3.8) is 0 Å². The van der Waals surface area contributed by atoms with E-state index in [1.807, 2.05) is 48.5 Å². The van der Waals surface area contributed by atoms with Gasteiger partial charge < -0.3 is 9.88 Å². The van der Waals surface area contributed by atoms with E-state index in [1.165, 1.54) is 0 Å². The average molecular weight is 360 g/mol. The molecule has 0 atom stereocenters. The first-order valence-electron chi connectivity index (χ1n) is 7.61. The van der Waals surface area contributed by atoms with E-state index in [-0.39, 0.29) is 5.91 Å². The molecule has 0 aliphatic heterocycles. The van der Waals surface area contributed by atoms with Crippen molar-refractivity contribution in [1.82, 2.24) is 14.9 Å². The van der Waals surface area contributed by atoms with Crippen LogP contribution in [-0.2, 0) is 17.1 Å². The largest absolute Gasteiger partial charge is 0.340 e. The van der Waals surface area contributed by atoms with Gasteiger partial charge >= 0.3 is 0 Å². The molecule has 0 saturated heterocycles. The van der Waals surface area contributed by atoms with Crippen LogP contribution in [0, 0.1) is 0 Å². The monoisotopic (exact) mass is 359 g/mol. The lowest BCUT2D eigenvalue weighted by Gasteiger charge is -2.15. The fourth-order valence-electron chi connectivity index (χ4n) is 2.39. The molecule has 0 aliphatic carbocycles. The Bertz CT molecular complexity index is 816. The molecule has 0 fully saturated rings. The number of hydrogen-bond acceptors (Lipinski definition) is 3. The fourth-order valence-corrected chi connectivity index (χ4v) is 3.51. The summed E-state index contributed by atoms with van der Waals surface area (Å²) in [6, 6.07) is 15.6. The molecule has 1 N–H and O–H groups in total. The number of para-hydroxylation sites is 2. The molecule has 1 amide bonds. The number of benzene rings is 2. The van der Waals surface area contributed by atoms with Gasteiger partial charge in [0.1, 0.15) is 5.82 Å². The molecule has 2 aromatic carbocycles. The van der Waals surface area contributed by atoms with Crippen molar-refractivity contribution in [1.29, 1.82) is 0 Å². The number of thioether (sulfide) groups is 1. The molecular formula is C18H18ClN3OS. The fraction of sp³-hybridized carbons (Fsp3) is 0.222. The Labute approximate surface area is 150 Å². The molecule has 3 rings (SSSR count). The zero-order valence-electron chi connectivity index (χ0n) is 13.3. The highest BCUT2D eigenvalue weighted by molar-refractivity contribution is 7.99. The van der Waals surface area contributed by atoms with Gasteiger partial charge in [-0.2, -0.15) is 0 Å². The number of carbonyl (C=O) groups is 1. The minimum Gasteiger partial charge on any atom is -0.340 e. The van der Waals surface area contributed by atoms with Crippen LogP contribution in [0.5, 0.6) is 0 Å². The summed E-state index contributed by atoms with van der Waals surface area (Å²) in [6.07, 6.45) is 0. The predicted octanol–water partition coefficient (Wildman–Crippen LogP) is 4.11. The average Bonchev–Trinajstić information content (AvgIpc) is 2.97. The predicted molar refractivity (Wildman–Crippen MR) is 100 cm³/mol. The minimum absolute atomic E-state index is 0.0856. The summed E-state index contributed by atoms with van der Waals surface area (Å²) in [7, 11) is 1.80. The maximum atomic E-state index is 12.3. The molecule has 0 bridgehead atoms. The Balaban J connectivity index is 1.51. The Morgan fingerprint density at radius 1 is 1.25 bits per heavy atom. The normalized spacial score (nSPS) is 10.9. The van der Waals surface area contributed by atoms with Gasteiger partial charge in [0.2, 0.25) is 5.91 Å². The van der Waals surface area contributed by atoms with Crippen LogP contribution in [0.2, 0.25) is 5.02 Å². The molecular weight excluding hydrogens is 342 g/mol. The number of hydrogen-bond donors (Lipinski definition) is 1. The molecule has 1 aromatic heterocycles. The van der Waals surface area contributed by atoms with Crippen LogP contribution >= 0.6 is 23.4 Å². The van der Waals surface area contributed by atoms with Gasteiger partial charge in [-0.25, -0.2) is 4.98 Å². The van der Waals surface area contributed by atoms with Crippen LogP contribution < -0.4 is 0 Å². The molecule has 0 spiro atoms. The molecule has 0 saturated carbocycles. The van der Waals surface area contributed by atoms with E-state index >= 15 is 0 Å². The minimum atomic E-state index is 0.0856. The molecule has 3 aromatic rings. The van der Waals surface area contributed by atoms with Gasteiger partial charge in [-0.15, -0.1) is 11.8 Å². The highest BCUT2D eigenvalue weighted by atomic mass is 35.5. The number of halogens is 1. The summed E-state index contributed by atoms with van der Waals surface area (Å²) in [5, 5.41) is 0.724. The highest BCUT2D eigenvalue weighted by Crippen LogP contribution is 2.17. The second-order valence-electron chi connectivity index (χ2n) is 5.57. The number of amides is 1.